The number of H-pyrrole nitrogens is 1. The fourth-order valence-corrected chi connectivity index (χ4v) is 3.85. The monoisotopic (exact) mass is 282 g/mol. The molecule has 0 aliphatic carbocycles. The molecule has 2 fully saturated rings. The Labute approximate surface area is 125 Å². The summed E-state index contributed by atoms with van der Waals surface area (Å²) in [6, 6.07) is 12.3. The van der Waals surface area contributed by atoms with E-state index in [2.05, 4.69) is 50.1 Å². The van der Waals surface area contributed by atoms with E-state index in [0.29, 0.717) is 6.04 Å². The molecule has 2 saturated heterocycles. The van der Waals surface area contributed by atoms with Crippen LogP contribution in [0.3, 0.4) is 0 Å². The SMILES string of the molecule is c1ccc(CN2C3CCC2CN(c2ncc[nH]2)CC3)cc1. The number of aromatic amines is 1. The molecular formula is C17H22N4. The molecule has 0 radical (unpaired) electrons. The lowest BCUT2D eigenvalue weighted by Gasteiger charge is -2.28. The molecule has 2 aliphatic rings. The lowest BCUT2D eigenvalue weighted by atomic mass is 10.1. The highest BCUT2D eigenvalue weighted by Crippen LogP contribution is 2.32. The molecule has 1 N–H and O–H groups in total. The Morgan fingerprint density at radius 1 is 1.10 bits per heavy atom. The summed E-state index contributed by atoms with van der Waals surface area (Å²) < 4.78 is 0. The number of nitrogens with one attached hydrogen (secondary N) is 1. The van der Waals surface area contributed by atoms with Gasteiger partial charge in [-0.3, -0.25) is 4.90 Å². The van der Waals surface area contributed by atoms with Gasteiger partial charge in [-0.1, -0.05) is 30.3 Å². The van der Waals surface area contributed by atoms with E-state index in [1.165, 1.54) is 24.8 Å². The quantitative estimate of drug-likeness (QED) is 0.940. The summed E-state index contributed by atoms with van der Waals surface area (Å²) in [5, 5.41) is 0. The van der Waals surface area contributed by atoms with Crippen LogP contribution in [0.15, 0.2) is 42.7 Å². The number of fused-ring (bicyclic) bond motifs is 2. The summed E-state index contributed by atoms with van der Waals surface area (Å²) in [7, 11) is 0. The van der Waals surface area contributed by atoms with Crippen LogP contribution in [0.4, 0.5) is 5.95 Å². The van der Waals surface area contributed by atoms with Crippen LogP contribution in [0.25, 0.3) is 0 Å². The minimum atomic E-state index is 0.655. The third kappa shape index (κ3) is 2.56. The third-order valence-electron chi connectivity index (χ3n) is 4.93. The predicted molar refractivity (Wildman–Crippen MR) is 84.2 cm³/mol. The van der Waals surface area contributed by atoms with E-state index in [9.17, 15) is 0 Å². The average molecular weight is 282 g/mol. The van der Waals surface area contributed by atoms with Gasteiger partial charge in [-0.05, 0) is 24.8 Å². The van der Waals surface area contributed by atoms with Gasteiger partial charge in [0.2, 0.25) is 5.95 Å². The molecule has 1 aromatic carbocycles. The van der Waals surface area contributed by atoms with Crippen molar-refractivity contribution in [2.45, 2.75) is 37.9 Å². The van der Waals surface area contributed by atoms with Gasteiger partial charge in [-0.15, -0.1) is 0 Å². The van der Waals surface area contributed by atoms with Crippen LogP contribution in [0, 0.1) is 0 Å². The molecule has 110 valence electrons. The molecule has 2 aliphatic heterocycles. The second kappa shape index (κ2) is 5.53. The maximum atomic E-state index is 4.43. The average Bonchev–Trinajstić information content (AvgIpc) is 3.10. The summed E-state index contributed by atoms with van der Waals surface area (Å²) in [6.07, 6.45) is 7.67. The molecule has 2 unspecified atom stereocenters. The summed E-state index contributed by atoms with van der Waals surface area (Å²) in [4.78, 5) is 12.8. The molecule has 4 heteroatoms. The fourth-order valence-electron chi connectivity index (χ4n) is 3.85. The first-order chi connectivity index (χ1) is 10.4. The largest absolute Gasteiger partial charge is 0.341 e. The van der Waals surface area contributed by atoms with E-state index < -0.39 is 0 Å². The van der Waals surface area contributed by atoms with Crippen LogP contribution in [0.1, 0.15) is 24.8 Å². The second-order valence-corrected chi connectivity index (χ2v) is 6.19. The van der Waals surface area contributed by atoms with Gasteiger partial charge in [-0.25, -0.2) is 4.98 Å². The predicted octanol–water partition coefficient (Wildman–Crippen LogP) is 2.65. The van der Waals surface area contributed by atoms with Gasteiger partial charge in [0.25, 0.3) is 0 Å². The number of aromatic nitrogens is 2. The summed E-state index contributed by atoms with van der Waals surface area (Å²) in [5.41, 5.74) is 1.43. The van der Waals surface area contributed by atoms with Crippen molar-refractivity contribution in [2.24, 2.45) is 0 Å². The van der Waals surface area contributed by atoms with E-state index >= 15 is 0 Å². The van der Waals surface area contributed by atoms with Crippen molar-refractivity contribution >= 4 is 5.95 Å². The third-order valence-corrected chi connectivity index (χ3v) is 4.93. The van der Waals surface area contributed by atoms with Crippen LogP contribution in [-0.4, -0.2) is 40.0 Å². The van der Waals surface area contributed by atoms with Crippen LogP contribution in [-0.2, 0) is 6.54 Å². The number of hydrogen-bond donors (Lipinski definition) is 1. The van der Waals surface area contributed by atoms with Gasteiger partial charge in [0.15, 0.2) is 0 Å². The van der Waals surface area contributed by atoms with Gasteiger partial charge in [0.1, 0.15) is 0 Å². The Morgan fingerprint density at radius 2 is 1.95 bits per heavy atom. The molecule has 4 nitrogen and oxygen atoms in total. The Hall–Kier alpha value is -1.81. The molecule has 2 aromatic rings. The van der Waals surface area contributed by atoms with Crippen molar-refractivity contribution in [2.75, 3.05) is 18.0 Å². The lowest BCUT2D eigenvalue weighted by molar-refractivity contribution is 0.194. The van der Waals surface area contributed by atoms with Gasteiger partial charge in [0, 0.05) is 44.1 Å². The first-order valence-electron chi connectivity index (χ1n) is 7.94. The highest BCUT2D eigenvalue weighted by molar-refractivity contribution is 5.30. The van der Waals surface area contributed by atoms with Crippen molar-refractivity contribution < 1.29 is 0 Å². The molecule has 21 heavy (non-hydrogen) atoms. The fraction of sp³-hybridized carbons (Fsp3) is 0.471. The molecule has 0 amide bonds. The minimum Gasteiger partial charge on any atom is -0.341 e. The number of anilines is 1. The van der Waals surface area contributed by atoms with Crippen molar-refractivity contribution in [1.29, 1.82) is 0 Å². The Balaban J connectivity index is 1.51. The molecule has 1 aromatic heterocycles. The van der Waals surface area contributed by atoms with Crippen molar-refractivity contribution in [3.05, 3.63) is 48.3 Å². The lowest BCUT2D eigenvalue weighted by Crippen LogP contribution is -2.39. The van der Waals surface area contributed by atoms with E-state index in [1.807, 2.05) is 12.4 Å². The second-order valence-electron chi connectivity index (χ2n) is 6.19. The molecule has 0 spiro atoms. The molecular weight excluding hydrogens is 260 g/mol. The van der Waals surface area contributed by atoms with Crippen molar-refractivity contribution in [3.8, 4) is 0 Å². The molecule has 2 bridgehead atoms. The van der Waals surface area contributed by atoms with Crippen LogP contribution < -0.4 is 4.90 Å². The highest BCUT2D eigenvalue weighted by Gasteiger charge is 2.37. The summed E-state index contributed by atoms with van der Waals surface area (Å²) >= 11 is 0. The van der Waals surface area contributed by atoms with E-state index in [4.69, 9.17) is 0 Å². The topological polar surface area (TPSA) is 35.2 Å². The van der Waals surface area contributed by atoms with Crippen molar-refractivity contribution in [1.82, 2.24) is 14.9 Å². The zero-order valence-electron chi connectivity index (χ0n) is 12.3. The van der Waals surface area contributed by atoms with Crippen LogP contribution in [0.2, 0.25) is 0 Å². The van der Waals surface area contributed by atoms with Gasteiger partial charge in [-0.2, -0.15) is 0 Å². The maximum Gasteiger partial charge on any atom is 0.202 e. The first-order valence-corrected chi connectivity index (χ1v) is 7.94. The maximum absolute atomic E-state index is 4.43. The van der Waals surface area contributed by atoms with Crippen LogP contribution in [0.5, 0.6) is 0 Å². The number of rotatable bonds is 3. The normalized spacial score (nSPS) is 26.0. The van der Waals surface area contributed by atoms with E-state index in [0.717, 1.165) is 31.6 Å². The molecule has 2 atom stereocenters. The summed E-state index contributed by atoms with van der Waals surface area (Å²) in [5.74, 6) is 1.03. The number of benzene rings is 1. The molecule has 4 rings (SSSR count). The standard InChI is InChI=1S/C17H22N4/c1-2-4-14(5-3-1)12-21-15-6-7-16(21)13-20(11-8-15)17-18-9-10-19-17/h1-5,9-10,15-16H,6-8,11-13H2,(H,18,19). The Morgan fingerprint density at radius 3 is 2.76 bits per heavy atom. The Kier molecular flexibility index (Phi) is 3.39. The van der Waals surface area contributed by atoms with E-state index in [-0.39, 0.29) is 0 Å². The van der Waals surface area contributed by atoms with Crippen LogP contribution >= 0.6 is 0 Å². The number of nitrogens with zero attached hydrogens (tertiary/aromatic N) is 3. The summed E-state index contributed by atoms with van der Waals surface area (Å²) in [6.45, 7) is 3.29. The van der Waals surface area contributed by atoms with Crippen molar-refractivity contribution in [3.63, 3.8) is 0 Å². The van der Waals surface area contributed by atoms with E-state index in [1.54, 1.807) is 0 Å². The molecule has 3 heterocycles. The Bertz CT molecular complexity index is 566. The zero-order valence-corrected chi connectivity index (χ0v) is 12.3. The number of imidazole rings is 1. The number of hydrogen-bond acceptors (Lipinski definition) is 3. The molecule has 0 saturated carbocycles. The first kappa shape index (κ1) is 12.9. The van der Waals surface area contributed by atoms with Gasteiger partial charge in [0.05, 0.1) is 0 Å². The smallest absolute Gasteiger partial charge is 0.202 e. The zero-order chi connectivity index (χ0) is 14.1. The highest BCUT2D eigenvalue weighted by atomic mass is 15.3. The van der Waals surface area contributed by atoms with Gasteiger partial charge >= 0.3 is 0 Å². The minimum absolute atomic E-state index is 0.655. The van der Waals surface area contributed by atoms with Gasteiger partial charge < -0.3 is 9.88 Å².